The standard InChI is InChI=1S/C12H10Br2N2O/c13-8-3-4-9(16-7-8)6-11(17)12-10(14)2-1-5-15-12/h1-5,7,11,17H,6H2. The summed E-state index contributed by atoms with van der Waals surface area (Å²) in [5, 5.41) is 10.1. The van der Waals surface area contributed by atoms with E-state index in [0.29, 0.717) is 12.1 Å². The predicted molar refractivity (Wildman–Crippen MR) is 72.5 cm³/mol. The summed E-state index contributed by atoms with van der Waals surface area (Å²) in [6, 6.07) is 7.46. The monoisotopic (exact) mass is 356 g/mol. The number of aliphatic hydroxyl groups excluding tert-OH is 1. The van der Waals surface area contributed by atoms with Crippen molar-refractivity contribution in [3.8, 4) is 0 Å². The van der Waals surface area contributed by atoms with Crippen LogP contribution in [0.15, 0.2) is 45.6 Å². The van der Waals surface area contributed by atoms with Crippen LogP contribution < -0.4 is 0 Å². The van der Waals surface area contributed by atoms with Gasteiger partial charge in [0, 0.05) is 33.5 Å². The average Bonchev–Trinajstić information content (AvgIpc) is 2.32. The molecule has 3 nitrogen and oxygen atoms in total. The van der Waals surface area contributed by atoms with Crippen molar-refractivity contribution in [2.24, 2.45) is 0 Å². The van der Waals surface area contributed by atoms with E-state index in [9.17, 15) is 5.11 Å². The van der Waals surface area contributed by atoms with E-state index in [1.54, 1.807) is 12.4 Å². The first-order valence-corrected chi connectivity index (χ1v) is 6.64. The Labute approximate surface area is 116 Å². The van der Waals surface area contributed by atoms with E-state index in [0.717, 1.165) is 14.6 Å². The van der Waals surface area contributed by atoms with Crippen molar-refractivity contribution < 1.29 is 5.11 Å². The number of hydrogen-bond acceptors (Lipinski definition) is 3. The third-order valence-electron chi connectivity index (χ3n) is 2.29. The van der Waals surface area contributed by atoms with E-state index in [1.807, 2.05) is 24.3 Å². The highest BCUT2D eigenvalue weighted by atomic mass is 79.9. The molecule has 2 aromatic heterocycles. The summed E-state index contributed by atoms with van der Waals surface area (Å²) in [6.45, 7) is 0. The lowest BCUT2D eigenvalue weighted by Crippen LogP contribution is -2.06. The van der Waals surface area contributed by atoms with Crippen molar-refractivity contribution in [3.05, 3.63) is 57.0 Å². The molecule has 0 saturated carbocycles. The molecule has 0 amide bonds. The quantitative estimate of drug-likeness (QED) is 0.916. The van der Waals surface area contributed by atoms with E-state index in [2.05, 4.69) is 41.8 Å². The summed E-state index contributed by atoms with van der Waals surface area (Å²) < 4.78 is 1.74. The third kappa shape index (κ3) is 3.34. The van der Waals surface area contributed by atoms with Crippen LogP contribution in [0.25, 0.3) is 0 Å². The maximum atomic E-state index is 10.1. The van der Waals surface area contributed by atoms with Gasteiger partial charge in [0.15, 0.2) is 0 Å². The summed E-state index contributed by atoms with van der Waals surface area (Å²) in [6.07, 6.45) is 3.18. The smallest absolute Gasteiger partial charge is 0.103 e. The second-order valence-electron chi connectivity index (χ2n) is 3.56. The van der Waals surface area contributed by atoms with Crippen LogP contribution in [0.2, 0.25) is 0 Å². The molecule has 0 fully saturated rings. The van der Waals surface area contributed by atoms with E-state index < -0.39 is 6.10 Å². The number of halogens is 2. The fraction of sp³-hybridized carbons (Fsp3) is 0.167. The Balaban J connectivity index is 2.14. The zero-order valence-electron chi connectivity index (χ0n) is 8.85. The van der Waals surface area contributed by atoms with Gasteiger partial charge in [-0.2, -0.15) is 0 Å². The molecule has 2 heterocycles. The van der Waals surface area contributed by atoms with Gasteiger partial charge in [0.05, 0.1) is 5.69 Å². The van der Waals surface area contributed by atoms with Crippen LogP contribution in [0.3, 0.4) is 0 Å². The maximum absolute atomic E-state index is 10.1. The molecule has 0 aromatic carbocycles. The van der Waals surface area contributed by atoms with Gasteiger partial charge in [-0.05, 0) is 56.1 Å². The van der Waals surface area contributed by atoms with Gasteiger partial charge in [-0.3, -0.25) is 9.97 Å². The second kappa shape index (κ2) is 5.71. The molecule has 1 unspecified atom stereocenters. The molecular weight excluding hydrogens is 348 g/mol. The SMILES string of the molecule is OC(Cc1ccc(Br)cn1)c1ncccc1Br. The Kier molecular flexibility index (Phi) is 4.25. The highest BCUT2D eigenvalue weighted by Gasteiger charge is 2.13. The van der Waals surface area contributed by atoms with Crippen molar-refractivity contribution in [3.63, 3.8) is 0 Å². The molecule has 5 heteroatoms. The van der Waals surface area contributed by atoms with Crippen molar-refractivity contribution in [2.75, 3.05) is 0 Å². The fourth-order valence-corrected chi connectivity index (χ4v) is 2.22. The van der Waals surface area contributed by atoms with Crippen molar-refractivity contribution in [2.45, 2.75) is 12.5 Å². The fourth-order valence-electron chi connectivity index (χ4n) is 1.47. The molecule has 0 aliphatic heterocycles. The largest absolute Gasteiger partial charge is 0.386 e. The Morgan fingerprint density at radius 3 is 2.65 bits per heavy atom. The molecule has 2 rings (SSSR count). The van der Waals surface area contributed by atoms with Crippen molar-refractivity contribution in [1.29, 1.82) is 0 Å². The zero-order valence-corrected chi connectivity index (χ0v) is 12.0. The first-order chi connectivity index (χ1) is 8.16. The highest BCUT2D eigenvalue weighted by molar-refractivity contribution is 9.10. The van der Waals surface area contributed by atoms with E-state index >= 15 is 0 Å². The van der Waals surface area contributed by atoms with Crippen LogP contribution in [0.4, 0.5) is 0 Å². The van der Waals surface area contributed by atoms with Gasteiger partial charge >= 0.3 is 0 Å². The first-order valence-electron chi connectivity index (χ1n) is 5.05. The van der Waals surface area contributed by atoms with Gasteiger partial charge in [-0.1, -0.05) is 0 Å². The van der Waals surface area contributed by atoms with Crippen molar-refractivity contribution >= 4 is 31.9 Å². The Hall–Kier alpha value is -0.780. The lowest BCUT2D eigenvalue weighted by Gasteiger charge is -2.11. The minimum atomic E-state index is -0.653. The number of rotatable bonds is 3. The normalized spacial score (nSPS) is 12.4. The highest BCUT2D eigenvalue weighted by Crippen LogP contribution is 2.23. The molecule has 1 N–H and O–H groups in total. The molecule has 0 bridgehead atoms. The zero-order chi connectivity index (χ0) is 12.3. The van der Waals surface area contributed by atoms with E-state index in [-0.39, 0.29) is 0 Å². The minimum Gasteiger partial charge on any atom is -0.386 e. The van der Waals surface area contributed by atoms with Gasteiger partial charge in [0.25, 0.3) is 0 Å². The summed E-state index contributed by atoms with van der Waals surface area (Å²) >= 11 is 6.69. The maximum Gasteiger partial charge on any atom is 0.103 e. The van der Waals surface area contributed by atoms with Crippen molar-refractivity contribution in [1.82, 2.24) is 9.97 Å². The number of pyridine rings is 2. The number of aliphatic hydroxyl groups is 1. The van der Waals surface area contributed by atoms with Crippen LogP contribution >= 0.6 is 31.9 Å². The lowest BCUT2D eigenvalue weighted by atomic mass is 10.1. The summed E-state index contributed by atoms with van der Waals surface area (Å²) in [5.74, 6) is 0. The van der Waals surface area contributed by atoms with E-state index in [1.165, 1.54) is 0 Å². The van der Waals surface area contributed by atoms with Gasteiger partial charge in [-0.25, -0.2) is 0 Å². The van der Waals surface area contributed by atoms with Crippen LogP contribution in [0.1, 0.15) is 17.5 Å². The minimum absolute atomic E-state index is 0.447. The molecule has 1 atom stereocenters. The average molecular weight is 358 g/mol. The molecule has 0 aliphatic rings. The van der Waals surface area contributed by atoms with Crippen LogP contribution in [-0.2, 0) is 6.42 Å². The predicted octanol–water partition coefficient (Wildman–Crippen LogP) is 3.28. The number of hydrogen-bond donors (Lipinski definition) is 1. The molecular formula is C12H10Br2N2O. The van der Waals surface area contributed by atoms with Gasteiger partial charge in [-0.15, -0.1) is 0 Å². The van der Waals surface area contributed by atoms with Crippen LogP contribution in [0.5, 0.6) is 0 Å². The molecule has 2 aromatic rings. The number of nitrogens with zero attached hydrogens (tertiary/aromatic N) is 2. The molecule has 0 radical (unpaired) electrons. The Morgan fingerprint density at radius 1 is 1.18 bits per heavy atom. The summed E-state index contributed by atoms with van der Waals surface area (Å²) in [7, 11) is 0. The van der Waals surface area contributed by atoms with Crippen LogP contribution in [0, 0.1) is 0 Å². The van der Waals surface area contributed by atoms with E-state index in [4.69, 9.17) is 0 Å². The van der Waals surface area contributed by atoms with Gasteiger partial charge in [0.1, 0.15) is 6.10 Å². The molecule has 0 aliphatic carbocycles. The Bertz CT molecular complexity index is 502. The third-order valence-corrected chi connectivity index (χ3v) is 3.43. The summed E-state index contributed by atoms with van der Waals surface area (Å²) in [5.41, 5.74) is 1.47. The Morgan fingerprint density at radius 2 is 2.00 bits per heavy atom. The molecule has 0 spiro atoms. The summed E-state index contributed by atoms with van der Waals surface area (Å²) in [4.78, 5) is 8.38. The van der Waals surface area contributed by atoms with Crippen LogP contribution in [-0.4, -0.2) is 15.1 Å². The molecule has 88 valence electrons. The number of aromatic nitrogens is 2. The molecule has 0 saturated heterocycles. The second-order valence-corrected chi connectivity index (χ2v) is 5.33. The van der Waals surface area contributed by atoms with Gasteiger partial charge in [0.2, 0.25) is 0 Å². The van der Waals surface area contributed by atoms with Gasteiger partial charge < -0.3 is 5.11 Å². The lowest BCUT2D eigenvalue weighted by molar-refractivity contribution is 0.171. The topological polar surface area (TPSA) is 46.0 Å². The first kappa shape index (κ1) is 12.7. The molecule has 17 heavy (non-hydrogen) atoms.